The summed E-state index contributed by atoms with van der Waals surface area (Å²) in [5.41, 5.74) is 1.12. The third kappa shape index (κ3) is 3.90. The van der Waals surface area contributed by atoms with E-state index >= 15 is 0 Å². The van der Waals surface area contributed by atoms with Crippen molar-refractivity contribution in [3.63, 3.8) is 0 Å². The minimum absolute atomic E-state index is 0.245. The van der Waals surface area contributed by atoms with Gasteiger partial charge < -0.3 is 15.1 Å². The Morgan fingerprint density at radius 1 is 1.04 bits per heavy atom. The summed E-state index contributed by atoms with van der Waals surface area (Å²) >= 11 is 0. The molecule has 3 aromatic rings. The molecule has 0 aliphatic rings. The highest BCUT2D eigenvalue weighted by molar-refractivity contribution is 5.78. The number of hydrogen-bond donors (Lipinski definition) is 2. The number of hydrogen-bond acceptors (Lipinski definition) is 2. The zero-order valence-electron chi connectivity index (χ0n) is 12.8. The Bertz CT molecular complexity index is 828. The van der Waals surface area contributed by atoms with Gasteiger partial charge in [-0.25, -0.2) is 13.6 Å². The van der Waals surface area contributed by atoms with E-state index < -0.39 is 11.6 Å². The monoisotopic (exact) mass is 330 g/mol. The molecule has 4 nitrogen and oxygen atoms in total. The topological polar surface area (TPSA) is 54.3 Å². The van der Waals surface area contributed by atoms with Crippen LogP contribution in [0.15, 0.2) is 52.9 Å². The molecule has 124 valence electrons. The van der Waals surface area contributed by atoms with Crippen LogP contribution in [-0.2, 0) is 13.0 Å². The van der Waals surface area contributed by atoms with Gasteiger partial charge in [-0.3, -0.25) is 0 Å². The van der Waals surface area contributed by atoms with Gasteiger partial charge >= 0.3 is 6.03 Å². The fourth-order valence-electron chi connectivity index (χ4n) is 2.39. The number of urea groups is 1. The van der Waals surface area contributed by atoms with E-state index in [1.54, 1.807) is 0 Å². The lowest BCUT2D eigenvalue weighted by Crippen LogP contribution is -2.36. The van der Waals surface area contributed by atoms with E-state index in [0.717, 1.165) is 17.0 Å². The van der Waals surface area contributed by atoms with Gasteiger partial charge in [0.05, 0.1) is 6.54 Å². The van der Waals surface area contributed by atoms with Crippen LogP contribution >= 0.6 is 0 Å². The summed E-state index contributed by atoms with van der Waals surface area (Å²) in [7, 11) is 0. The number of furan rings is 1. The number of benzene rings is 2. The molecule has 1 heterocycles. The molecule has 0 aliphatic carbocycles. The number of carbonyl (C=O) groups is 1. The van der Waals surface area contributed by atoms with Crippen molar-refractivity contribution >= 4 is 17.0 Å². The van der Waals surface area contributed by atoms with E-state index in [-0.39, 0.29) is 25.5 Å². The number of carbonyl (C=O) groups excluding carboxylic acids is 1. The van der Waals surface area contributed by atoms with Crippen LogP contribution in [0.5, 0.6) is 0 Å². The second kappa shape index (κ2) is 7.12. The van der Waals surface area contributed by atoms with E-state index in [0.29, 0.717) is 11.3 Å². The molecule has 0 spiro atoms. The Hall–Kier alpha value is -2.89. The van der Waals surface area contributed by atoms with E-state index in [1.165, 1.54) is 12.1 Å². The third-order valence-corrected chi connectivity index (χ3v) is 3.59. The van der Waals surface area contributed by atoms with Crippen LogP contribution in [0, 0.1) is 11.6 Å². The maximum Gasteiger partial charge on any atom is 0.315 e. The molecule has 0 saturated carbocycles. The maximum absolute atomic E-state index is 13.5. The van der Waals surface area contributed by atoms with E-state index in [4.69, 9.17) is 4.42 Å². The van der Waals surface area contributed by atoms with Crippen molar-refractivity contribution in [3.05, 3.63) is 71.5 Å². The van der Waals surface area contributed by atoms with Gasteiger partial charge in [0, 0.05) is 18.0 Å². The molecule has 0 radical (unpaired) electrons. The van der Waals surface area contributed by atoms with Gasteiger partial charge in [0.1, 0.15) is 23.0 Å². The van der Waals surface area contributed by atoms with Crippen LogP contribution in [-0.4, -0.2) is 12.6 Å². The molecule has 3 rings (SSSR count). The molecule has 2 aromatic carbocycles. The first-order chi connectivity index (χ1) is 11.6. The van der Waals surface area contributed by atoms with Gasteiger partial charge in [0.25, 0.3) is 0 Å². The van der Waals surface area contributed by atoms with Crippen molar-refractivity contribution in [2.24, 2.45) is 0 Å². The van der Waals surface area contributed by atoms with E-state index in [1.807, 2.05) is 30.3 Å². The average molecular weight is 330 g/mol. The highest BCUT2D eigenvalue weighted by Gasteiger charge is 2.07. The van der Waals surface area contributed by atoms with Gasteiger partial charge in [-0.2, -0.15) is 0 Å². The van der Waals surface area contributed by atoms with Crippen molar-refractivity contribution in [1.29, 1.82) is 0 Å². The Morgan fingerprint density at radius 3 is 2.67 bits per heavy atom. The first kappa shape index (κ1) is 16.0. The van der Waals surface area contributed by atoms with Gasteiger partial charge in [0.15, 0.2) is 0 Å². The van der Waals surface area contributed by atoms with Gasteiger partial charge in [0.2, 0.25) is 0 Å². The van der Waals surface area contributed by atoms with Crippen LogP contribution in [0.1, 0.15) is 11.3 Å². The van der Waals surface area contributed by atoms with E-state index in [2.05, 4.69) is 10.6 Å². The number of para-hydroxylation sites is 1. The first-order valence-corrected chi connectivity index (χ1v) is 7.55. The normalized spacial score (nSPS) is 10.8. The zero-order valence-corrected chi connectivity index (χ0v) is 12.8. The summed E-state index contributed by atoms with van der Waals surface area (Å²) in [6.45, 7) is 0.500. The molecule has 1 aromatic heterocycles. The quantitative estimate of drug-likeness (QED) is 0.748. The van der Waals surface area contributed by atoms with Crippen LogP contribution in [0.25, 0.3) is 11.0 Å². The number of nitrogens with one attached hydrogen (secondary N) is 2. The molecule has 0 atom stereocenters. The Balaban J connectivity index is 1.45. The highest BCUT2D eigenvalue weighted by atomic mass is 19.1. The van der Waals surface area contributed by atoms with Gasteiger partial charge in [-0.05, 0) is 30.2 Å². The van der Waals surface area contributed by atoms with Crippen molar-refractivity contribution < 1.29 is 18.0 Å². The van der Waals surface area contributed by atoms with Gasteiger partial charge in [-0.15, -0.1) is 0 Å². The van der Waals surface area contributed by atoms with Crippen molar-refractivity contribution in [1.82, 2.24) is 10.6 Å². The second-order valence-corrected chi connectivity index (χ2v) is 5.35. The number of halogens is 2. The highest BCUT2D eigenvalue weighted by Crippen LogP contribution is 2.18. The third-order valence-electron chi connectivity index (χ3n) is 3.59. The fraction of sp³-hybridized carbons (Fsp3) is 0.167. The number of rotatable bonds is 5. The molecule has 0 unspecified atom stereocenters. The van der Waals surface area contributed by atoms with Crippen LogP contribution in [0.3, 0.4) is 0 Å². The lowest BCUT2D eigenvalue weighted by atomic mass is 10.1. The molecule has 0 saturated heterocycles. The SMILES string of the molecule is O=C(NCCc1ccc(F)cc1F)NCc1cc2ccccc2o1. The van der Waals surface area contributed by atoms with Crippen molar-refractivity contribution in [3.8, 4) is 0 Å². The fourth-order valence-corrected chi connectivity index (χ4v) is 2.39. The standard InChI is InChI=1S/C18H16F2N2O2/c19-14-6-5-12(16(20)10-14)7-8-21-18(23)22-11-15-9-13-3-1-2-4-17(13)24-15/h1-6,9-10H,7-8,11H2,(H2,21,22,23). The minimum Gasteiger partial charge on any atom is -0.459 e. The Kier molecular flexibility index (Phi) is 4.74. The van der Waals surface area contributed by atoms with Crippen LogP contribution in [0.2, 0.25) is 0 Å². The first-order valence-electron chi connectivity index (χ1n) is 7.55. The summed E-state index contributed by atoms with van der Waals surface area (Å²) in [6, 6.07) is 12.5. The molecular formula is C18H16F2N2O2. The second-order valence-electron chi connectivity index (χ2n) is 5.35. The lowest BCUT2D eigenvalue weighted by Gasteiger charge is -2.07. The van der Waals surface area contributed by atoms with Crippen molar-refractivity contribution in [2.45, 2.75) is 13.0 Å². The lowest BCUT2D eigenvalue weighted by molar-refractivity contribution is 0.239. The van der Waals surface area contributed by atoms with Crippen molar-refractivity contribution in [2.75, 3.05) is 6.54 Å². The number of fused-ring (bicyclic) bond motifs is 1. The largest absolute Gasteiger partial charge is 0.459 e. The summed E-state index contributed by atoms with van der Waals surface area (Å²) in [4.78, 5) is 11.7. The summed E-state index contributed by atoms with van der Waals surface area (Å²) < 4.78 is 31.9. The summed E-state index contributed by atoms with van der Waals surface area (Å²) in [5.74, 6) is -0.580. The van der Waals surface area contributed by atoms with Gasteiger partial charge in [-0.1, -0.05) is 24.3 Å². The zero-order chi connectivity index (χ0) is 16.9. The Morgan fingerprint density at radius 2 is 1.88 bits per heavy atom. The number of amides is 2. The molecule has 24 heavy (non-hydrogen) atoms. The molecule has 0 bridgehead atoms. The smallest absolute Gasteiger partial charge is 0.315 e. The molecular weight excluding hydrogens is 314 g/mol. The van der Waals surface area contributed by atoms with Crippen LogP contribution in [0.4, 0.5) is 13.6 Å². The van der Waals surface area contributed by atoms with E-state index in [9.17, 15) is 13.6 Å². The maximum atomic E-state index is 13.5. The molecule has 6 heteroatoms. The average Bonchev–Trinajstić information content (AvgIpc) is 2.98. The summed E-state index contributed by atoms with van der Waals surface area (Å²) in [6.07, 6.45) is 0.282. The minimum atomic E-state index is -0.618. The molecule has 2 N–H and O–H groups in total. The predicted octanol–water partition coefficient (Wildman–Crippen LogP) is 3.75. The Labute approximate surface area is 137 Å². The molecule has 0 fully saturated rings. The van der Waals surface area contributed by atoms with Crippen LogP contribution < -0.4 is 10.6 Å². The summed E-state index contributed by atoms with van der Waals surface area (Å²) in [5, 5.41) is 6.27. The molecule has 0 aliphatic heterocycles. The predicted molar refractivity (Wildman–Crippen MR) is 86.5 cm³/mol. The molecule has 2 amide bonds.